The lowest BCUT2D eigenvalue weighted by Crippen LogP contribution is -2.32. The van der Waals surface area contributed by atoms with Gasteiger partial charge in [0.25, 0.3) is 0 Å². The van der Waals surface area contributed by atoms with Gasteiger partial charge in [0, 0.05) is 24.4 Å². The number of nitrogens with two attached hydrogens (primary N) is 1. The average Bonchev–Trinajstić information content (AvgIpc) is 3.18. The van der Waals surface area contributed by atoms with Crippen LogP contribution in [0.15, 0.2) is 48.9 Å². The molecule has 0 amide bonds. The highest BCUT2D eigenvalue weighted by Gasteiger charge is 2.23. The number of piperidine rings is 1. The van der Waals surface area contributed by atoms with Crippen LogP contribution in [-0.4, -0.2) is 37.8 Å². The van der Waals surface area contributed by atoms with E-state index >= 15 is 0 Å². The van der Waals surface area contributed by atoms with E-state index in [0.29, 0.717) is 23.1 Å². The third kappa shape index (κ3) is 3.43. The minimum absolute atomic E-state index is 0.207. The largest absolute Gasteiger partial charge is 0.439 e. The second-order valence-corrected chi connectivity index (χ2v) is 7.19. The van der Waals surface area contributed by atoms with E-state index in [1.165, 1.54) is 18.5 Å². The fourth-order valence-corrected chi connectivity index (χ4v) is 3.70. The van der Waals surface area contributed by atoms with Crippen molar-refractivity contribution in [1.82, 2.24) is 30.0 Å². The molecule has 1 aromatic carbocycles. The summed E-state index contributed by atoms with van der Waals surface area (Å²) in [4.78, 5) is 13.0. The topological polar surface area (TPSA) is 104 Å². The van der Waals surface area contributed by atoms with Crippen LogP contribution in [0.25, 0.3) is 22.3 Å². The van der Waals surface area contributed by atoms with Crippen molar-refractivity contribution in [2.24, 2.45) is 0 Å². The summed E-state index contributed by atoms with van der Waals surface area (Å²) >= 11 is 0. The first-order valence-corrected chi connectivity index (χ1v) is 9.78. The zero-order valence-corrected chi connectivity index (χ0v) is 16.1. The highest BCUT2D eigenvalue weighted by molar-refractivity contribution is 5.98. The Hall–Kier alpha value is -3.59. The Balaban J connectivity index is 1.50. The number of hydrogen-bond acceptors (Lipinski definition) is 7. The molecule has 30 heavy (non-hydrogen) atoms. The Kier molecular flexibility index (Phi) is 4.72. The summed E-state index contributed by atoms with van der Waals surface area (Å²) in [6.45, 7) is 1.85. The Morgan fingerprint density at radius 3 is 2.70 bits per heavy atom. The van der Waals surface area contributed by atoms with Gasteiger partial charge in [-0.1, -0.05) is 0 Å². The van der Waals surface area contributed by atoms with Gasteiger partial charge in [0.1, 0.15) is 29.4 Å². The molecule has 5 rings (SSSR count). The first-order chi connectivity index (χ1) is 14.7. The second kappa shape index (κ2) is 7.68. The van der Waals surface area contributed by atoms with Crippen molar-refractivity contribution in [2.75, 3.05) is 18.8 Å². The van der Waals surface area contributed by atoms with Crippen LogP contribution in [0.5, 0.6) is 11.6 Å². The molecule has 1 aliphatic heterocycles. The lowest BCUT2D eigenvalue weighted by atomic mass is 10.1. The lowest BCUT2D eigenvalue weighted by Gasteiger charge is -2.23. The molecule has 0 aliphatic carbocycles. The minimum Gasteiger partial charge on any atom is -0.439 e. The minimum atomic E-state index is -0.318. The van der Waals surface area contributed by atoms with Crippen molar-refractivity contribution in [2.45, 2.75) is 18.9 Å². The van der Waals surface area contributed by atoms with E-state index in [-0.39, 0.29) is 11.9 Å². The van der Waals surface area contributed by atoms with Crippen molar-refractivity contribution >= 4 is 16.9 Å². The highest BCUT2D eigenvalue weighted by atomic mass is 19.1. The van der Waals surface area contributed by atoms with Gasteiger partial charge < -0.3 is 15.8 Å². The van der Waals surface area contributed by atoms with Gasteiger partial charge in [-0.15, -0.1) is 0 Å². The van der Waals surface area contributed by atoms with E-state index in [4.69, 9.17) is 15.6 Å². The zero-order valence-electron chi connectivity index (χ0n) is 16.1. The van der Waals surface area contributed by atoms with Crippen molar-refractivity contribution in [3.8, 4) is 22.9 Å². The molecule has 0 radical (unpaired) electrons. The predicted octanol–water partition coefficient (Wildman–Crippen LogP) is 3.33. The molecule has 8 nitrogen and oxygen atoms in total. The monoisotopic (exact) mass is 405 g/mol. The van der Waals surface area contributed by atoms with Crippen LogP contribution in [0.4, 0.5) is 10.2 Å². The molecule has 4 heterocycles. The number of pyridine rings is 1. The van der Waals surface area contributed by atoms with Gasteiger partial charge in [-0.25, -0.2) is 24.0 Å². The number of nitrogen functional groups attached to an aromatic ring is 1. The van der Waals surface area contributed by atoms with Crippen molar-refractivity contribution in [1.29, 1.82) is 0 Å². The van der Waals surface area contributed by atoms with Crippen LogP contribution in [0, 0.1) is 5.82 Å². The summed E-state index contributed by atoms with van der Waals surface area (Å²) in [6, 6.07) is 9.59. The van der Waals surface area contributed by atoms with Gasteiger partial charge >= 0.3 is 0 Å². The molecule has 0 bridgehead atoms. The number of anilines is 1. The van der Waals surface area contributed by atoms with E-state index in [1.54, 1.807) is 24.4 Å². The van der Waals surface area contributed by atoms with Crippen molar-refractivity contribution in [3.63, 3.8) is 0 Å². The number of nitrogens with one attached hydrogen (secondary N) is 1. The molecule has 1 atom stereocenters. The summed E-state index contributed by atoms with van der Waals surface area (Å²) in [5.74, 6) is 0.973. The molecule has 1 fully saturated rings. The van der Waals surface area contributed by atoms with Crippen molar-refractivity contribution in [3.05, 3.63) is 54.7 Å². The molecule has 152 valence electrons. The molecule has 3 aromatic heterocycles. The van der Waals surface area contributed by atoms with E-state index in [2.05, 4.69) is 20.3 Å². The van der Waals surface area contributed by atoms with Crippen LogP contribution >= 0.6 is 0 Å². The average molecular weight is 405 g/mol. The van der Waals surface area contributed by atoms with Gasteiger partial charge in [0.05, 0.1) is 11.4 Å². The number of ether oxygens (including phenoxy) is 1. The van der Waals surface area contributed by atoms with Gasteiger partial charge in [-0.2, -0.15) is 5.10 Å². The van der Waals surface area contributed by atoms with Crippen molar-refractivity contribution < 1.29 is 9.13 Å². The first-order valence-electron chi connectivity index (χ1n) is 9.78. The quantitative estimate of drug-likeness (QED) is 0.537. The Bertz CT molecular complexity index is 1170. The normalized spacial score (nSPS) is 16.6. The maximum atomic E-state index is 13.1. The standard InChI is InChI=1S/C21H20FN7O/c22-14-4-6-16(7-5-14)30-17-8-3-13(10-25-17)19-18-20(23)26-12-27-21(18)29(28-19)15-2-1-9-24-11-15/h3-8,10,12,15,24H,1-2,9,11H2,(H2,23,26,27). The molecule has 3 N–H and O–H groups in total. The van der Waals surface area contributed by atoms with Gasteiger partial charge in [-0.05, 0) is 49.7 Å². The first kappa shape index (κ1) is 18.4. The Morgan fingerprint density at radius 2 is 1.97 bits per heavy atom. The number of nitrogens with zero attached hydrogens (tertiary/aromatic N) is 5. The third-order valence-electron chi connectivity index (χ3n) is 5.18. The maximum Gasteiger partial charge on any atom is 0.219 e. The molecule has 1 saturated heterocycles. The summed E-state index contributed by atoms with van der Waals surface area (Å²) < 4.78 is 20.7. The van der Waals surface area contributed by atoms with E-state index in [1.807, 2.05) is 10.7 Å². The van der Waals surface area contributed by atoms with Crippen LogP contribution in [0.2, 0.25) is 0 Å². The molecule has 1 aliphatic rings. The fraction of sp³-hybridized carbons (Fsp3) is 0.238. The van der Waals surface area contributed by atoms with E-state index in [0.717, 1.165) is 42.5 Å². The van der Waals surface area contributed by atoms with Crippen LogP contribution in [-0.2, 0) is 0 Å². The number of halogens is 1. The molecular formula is C21H20FN7O. The third-order valence-corrected chi connectivity index (χ3v) is 5.18. The highest BCUT2D eigenvalue weighted by Crippen LogP contribution is 2.33. The molecule has 1 unspecified atom stereocenters. The number of benzene rings is 1. The summed E-state index contributed by atoms with van der Waals surface area (Å²) in [5, 5.41) is 8.97. The number of aromatic nitrogens is 5. The summed E-state index contributed by atoms with van der Waals surface area (Å²) in [7, 11) is 0. The number of rotatable bonds is 4. The summed E-state index contributed by atoms with van der Waals surface area (Å²) in [5.41, 5.74) is 8.38. The van der Waals surface area contributed by atoms with Crippen LogP contribution < -0.4 is 15.8 Å². The fourth-order valence-electron chi connectivity index (χ4n) is 3.70. The Morgan fingerprint density at radius 1 is 1.10 bits per heavy atom. The molecule has 4 aromatic rings. The lowest BCUT2D eigenvalue weighted by molar-refractivity contribution is 0.354. The summed E-state index contributed by atoms with van der Waals surface area (Å²) in [6.07, 6.45) is 5.25. The van der Waals surface area contributed by atoms with E-state index in [9.17, 15) is 4.39 Å². The maximum absolute atomic E-state index is 13.1. The molecular weight excluding hydrogens is 385 g/mol. The van der Waals surface area contributed by atoms with Crippen LogP contribution in [0.3, 0.4) is 0 Å². The number of fused-ring (bicyclic) bond motifs is 1. The van der Waals surface area contributed by atoms with Gasteiger partial charge in [-0.3, -0.25) is 0 Å². The molecule has 9 heteroatoms. The molecule has 0 spiro atoms. The predicted molar refractivity (Wildman–Crippen MR) is 111 cm³/mol. The van der Waals surface area contributed by atoms with Gasteiger partial charge in [0.15, 0.2) is 5.65 Å². The zero-order chi connectivity index (χ0) is 20.5. The SMILES string of the molecule is Nc1ncnc2c1c(-c1ccc(Oc3ccc(F)cc3)nc1)nn2C1CCCNC1. The van der Waals surface area contributed by atoms with E-state index < -0.39 is 0 Å². The Labute approximate surface area is 171 Å². The molecule has 0 saturated carbocycles. The number of hydrogen-bond donors (Lipinski definition) is 2. The van der Waals surface area contributed by atoms with Gasteiger partial charge in [0.2, 0.25) is 5.88 Å². The smallest absolute Gasteiger partial charge is 0.219 e. The van der Waals surface area contributed by atoms with Crippen LogP contribution in [0.1, 0.15) is 18.9 Å². The second-order valence-electron chi connectivity index (χ2n) is 7.19.